The van der Waals surface area contributed by atoms with Gasteiger partial charge in [-0.2, -0.15) is 0 Å². The van der Waals surface area contributed by atoms with E-state index in [1.54, 1.807) is 6.07 Å². The summed E-state index contributed by atoms with van der Waals surface area (Å²) in [6, 6.07) is 7.94. The molecular formula is C14H14Cl2N4. The number of nitrogen functional groups attached to an aromatic ring is 1. The van der Waals surface area contributed by atoms with Crippen LogP contribution in [0.4, 0.5) is 11.4 Å². The molecule has 1 atom stereocenters. The molecule has 1 aromatic carbocycles. The van der Waals surface area contributed by atoms with Crippen molar-refractivity contribution in [1.29, 1.82) is 0 Å². The van der Waals surface area contributed by atoms with Crippen molar-refractivity contribution in [2.45, 2.75) is 25.3 Å². The van der Waals surface area contributed by atoms with Crippen LogP contribution in [0.25, 0.3) is 0 Å². The number of hydrogen-bond acceptors (Lipinski definition) is 4. The average molecular weight is 309 g/mol. The van der Waals surface area contributed by atoms with Gasteiger partial charge in [0.2, 0.25) is 0 Å². The van der Waals surface area contributed by atoms with Crippen LogP contribution < -0.4 is 11.1 Å². The van der Waals surface area contributed by atoms with Crippen molar-refractivity contribution in [3.63, 3.8) is 0 Å². The summed E-state index contributed by atoms with van der Waals surface area (Å²) in [6.07, 6.45) is 3.20. The second-order valence-electron chi connectivity index (χ2n) is 4.92. The van der Waals surface area contributed by atoms with Crippen molar-refractivity contribution in [1.82, 2.24) is 10.2 Å². The van der Waals surface area contributed by atoms with Gasteiger partial charge in [-0.05, 0) is 42.5 Å². The van der Waals surface area contributed by atoms with Crippen LogP contribution in [0.2, 0.25) is 10.3 Å². The molecule has 4 nitrogen and oxygen atoms in total. The van der Waals surface area contributed by atoms with Gasteiger partial charge in [-0.1, -0.05) is 29.3 Å². The van der Waals surface area contributed by atoms with Gasteiger partial charge in [0.05, 0.1) is 11.7 Å². The number of aromatic nitrogens is 2. The first-order valence-corrected chi connectivity index (χ1v) is 7.22. The second kappa shape index (κ2) is 5.46. The maximum atomic E-state index is 6.05. The monoisotopic (exact) mass is 308 g/mol. The van der Waals surface area contributed by atoms with Crippen LogP contribution in [0.15, 0.2) is 24.3 Å². The molecular weight excluding hydrogens is 295 g/mol. The van der Waals surface area contributed by atoms with Crippen LogP contribution >= 0.6 is 23.2 Å². The molecule has 0 saturated carbocycles. The number of anilines is 2. The zero-order valence-corrected chi connectivity index (χ0v) is 12.2. The molecule has 3 N–H and O–H groups in total. The van der Waals surface area contributed by atoms with E-state index < -0.39 is 0 Å². The van der Waals surface area contributed by atoms with Crippen LogP contribution in [0.1, 0.15) is 30.0 Å². The Kier molecular flexibility index (Phi) is 3.68. The lowest BCUT2D eigenvalue weighted by atomic mass is 9.87. The van der Waals surface area contributed by atoms with Crippen LogP contribution in [-0.2, 0) is 6.42 Å². The third kappa shape index (κ3) is 2.67. The number of fused-ring (bicyclic) bond motifs is 1. The van der Waals surface area contributed by atoms with Crippen LogP contribution in [-0.4, -0.2) is 10.2 Å². The van der Waals surface area contributed by atoms with Crippen LogP contribution in [0, 0.1) is 0 Å². The number of halogens is 2. The maximum Gasteiger partial charge on any atom is 0.174 e. The van der Waals surface area contributed by atoms with E-state index in [0.29, 0.717) is 16.0 Å². The standard InChI is InChI=1S/C14H14Cl2N4/c15-13-7-12(14(16)20-19-13)18-11-3-1-2-8-6-9(17)4-5-10(8)11/h4-7,11H,1-3,17H2,(H,18,19). The topological polar surface area (TPSA) is 63.8 Å². The van der Waals surface area contributed by atoms with Gasteiger partial charge in [0.15, 0.2) is 10.3 Å². The summed E-state index contributed by atoms with van der Waals surface area (Å²) in [7, 11) is 0. The fourth-order valence-electron chi connectivity index (χ4n) is 2.63. The number of nitrogens with one attached hydrogen (secondary N) is 1. The molecule has 6 heteroatoms. The van der Waals surface area contributed by atoms with Gasteiger partial charge >= 0.3 is 0 Å². The van der Waals surface area contributed by atoms with Crippen molar-refractivity contribution in [3.8, 4) is 0 Å². The van der Waals surface area contributed by atoms with Gasteiger partial charge in [-0.25, -0.2) is 0 Å². The predicted octanol–water partition coefficient (Wildman–Crippen LogP) is 3.86. The van der Waals surface area contributed by atoms with E-state index in [1.807, 2.05) is 12.1 Å². The molecule has 0 aliphatic heterocycles. The Hall–Kier alpha value is -1.52. The summed E-state index contributed by atoms with van der Waals surface area (Å²) in [5, 5.41) is 11.6. The summed E-state index contributed by atoms with van der Waals surface area (Å²) in [4.78, 5) is 0. The summed E-state index contributed by atoms with van der Waals surface area (Å²) >= 11 is 11.9. The number of benzene rings is 1. The Morgan fingerprint density at radius 3 is 2.90 bits per heavy atom. The van der Waals surface area contributed by atoms with Gasteiger partial charge in [-0.3, -0.25) is 0 Å². The lowest BCUT2D eigenvalue weighted by molar-refractivity contribution is 0.600. The van der Waals surface area contributed by atoms with Crippen molar-refractivity contribution in [3.05, 3.63) is 45.7 Å². The predicted molar refractivity (Wildman–Crippen MR) is 82.2 cm³/mol. The molecule has 20 heavy (non-hydrogen) atoms. The molecule has 0 bridgehead atoms. The van der Waals surface area contributed by atoms with E-state index in [4.69, 9.17) is 28.9 Å². The number of rotatable bonds is 2. The van der Waals surface area contributed by atoms with Gasteiger partial charge in [0, 0.05) is 11.8 Å². The van der Waals surface area contributed by atoms with E-state index in [0.717, 1.165) is 24.9 Å². The smallest absolute Gasteiger partial charge is 0.174 e. The highest BCUT2D eigenvalue weighted by Crippen LogP contribution is 2.35. The molecule has 2 aromatic rings. The van der Waals surface area contributed by atoms with E-state index in [9.17, 15) is 0 Å². The average Bonchev–Trinajstić information content (AvgIpc) is 2.43. The minimum absolute atomic E-state index is 0.192. The Morgan fingerprint density at radius 2 is 2.05 bits per heavy atom. The van der Waals surface area contributed by atoms with Gasteiger partial charge in [0.25, 0.3) is 0 Å². The highest BCUT2D eigenvalue weighted by Gasteiger charge is 2.21. The molecule has 1 aromatic heterocycles. The Balaban J connectivity index is 1.91. The Morgan fingerprint density at radius 1 is 1.20 bits per heavy atom. The van der Waals surface area contributed by atoms with Gasteiger partial charge < -0.3 is 11.1 Å². The van der Waals surface area contributed by atoms with Gasteiger partial charge in [0.1, 0.15) is 0 Å². The first-order chi connectivity index (χ1) is 9.63. The number of nitrogens with zero attached hydrogens (tertiary/aromatic N) is 2. The minimum atomic E-state index is 0.192. The number of nitrogens with two attached hydrogens (primary N) is 1. The van der Waals surface area contributed by atoms with E-state index >= 15 is 0 Å². The van der Waals surface area contributed by atoms with Crippen molar-refractivity contribution in [2.75, 3.05) is 11.1 Å². The van der Waals surface area contributed by atoms with E-state index in [2.05, 4.69) is 21.6 Å². The molecule has 0 fully saturated rings. The van der Waals surface area contributed by atoms with Crippen molar-refractivity contribution >= 4 is 34.6 Å². The lowest BCUT2D eigenvalue weighted by Crippen LogP contribution is -2.18. The molecule has 1 aliphatic carbocycles. The lowest BCUT2D eigenvalue weighted by Gasteiger charge is -2.27. The zero-order chi connectivity index (χ0) is 14.1. The van der Waals surface area contributed by atoms with Crippen molar-refractivity contribution in [2.24, 2.45) is 0 Å². The summed E-state index contributed by atoms with van der Waals surface area (Å²) in [5.41, 5.74) is 9.91. The quantitative estimate of drug-likeness (QED) is 0.827. The van der Waals surface area contributed by atoms with E-state index in [-0.39, 0.29) is 6.04 Å². The zero-order valence-electron chi connectivity index (χ0n) is 10.7. The van der Waals surface area contributed by atoms with Crippen molar-refractivity contribution < 1.29 is 0 Å². The largest absolute Gasteiger partial charge is 0.399 e. The van der Waals surface area contributed by atoms with Gasteiger partial charge in [-0.15, -0.1) is 10.2 Å². The summed E-state index contributed by atoms with van der Waals surface area (Å²) < 4.78 is 0. The SMILES string of the molecule is Nc1ccc2c(c1)CCCC2Nc1cc(Cl)nnc1Cl. The fraction of sp³-hybridized carbons (Fsp3) is 0.286. The third-order valence-corrected chi connectivity index (χ3v) is 3.99. The Bertz CT molecular complexity index is 645. The summed E-state index contributed by atoms with van der Waals surface area (Å²) in [6.45, 7) is 0. The highest BCUT2D eigenvalue weighted by molar-refractivity contribution is 6.33. The van der Waals surface area contributed by atoms with Crippen LogP contribution in [0.3, 0.4) is 0 Å². The molecule has 3 rings (SSSR count). The van der Waals surface area contributed by atoms with E-state index in [1.165, 1.54) is 11.1 Å². The first kappa shape index (κ1) is 13.5. The maximum absolute atomic E-state index is 6.05. The molecule has 0 spiro atoms. The van der Waals surface area contributed by atoms with Crippen LogP contribution in [0.5, 0.6) is 0 Å². The highest BCUT2D eigenvalue weighted by atomic mass is 35.5. The molecule has 104 valence electrons. The number of aryl methyl sites for hydroxylation is 1. The Labute approximate surface area is 127 Å². The molecule has 1 heterocycles. The first-order valence-electron chi connectivity index (χ1n) is 6.47. The third-order valence-electron chi connectivity index (χ3n) is 3.53. The molecule has 0 radical (unpaired) electrons. The fourth-order valence-corrected chi connectivity index (χ4v) is 2.92. The second-order valence-corrected chi connectivity index (χ2v) is 5.66. The number of hydrogen-bond donors (Lipinski definition) is 2. The molecule has 0 amide bonds. The normalized spacial score (nSPS) is 17.6. The molecule has 0 saturated heterocycles. The molecule has 1 unspecified atom stereocenters. The molecule has 1 aliphatic rings. The summed E-state index contributed by atoms with van der Waals surface area (Å²) in [5.74, 6) is 0. The minimum Gasteiger partial charge on any atom is -0.399 e.